The number of carbonyl (C=O) groups is 1. The van der Waals surface area contributed by atoms with Crippen LogP contribution >= 0.6 is 0 Å². The first kappa shape index (κ1) is 22.9. The minimum atomic E-state index is -0.956. The van der Waals surface area contributed by atoms with E-state index in [1.807, 2.05) is 6.92 Å². The van der Waals surface area contributed by atoms with Crippen LogP contribution in [0.15, 0.2) is 48.5 Å². The maximum Gasteiger partial charge on any atom is 0.509 e. The van der Waals surface area contributed by atoms with Crippen LogP contribution in [0, 0.1) is 17.6 Å². The van der Waals surface area contributed by atoms with E-state index in [1.54, 1.807) is 12.1 Å². The van der Waals surface area contributed by atoms with E-state index in [0.29, 0.717) is 17.5 Å². The van der Waals surface area contributed by atoms with E-state index in [0.717, 1.165) is 25.7 Å². The second-order valence-electron chi connectivity index (χ2n) is 7.26. The van der Waals surface area contributed by atoms with Crippen LogP contribution in [-0.4, -0.2) is 12.3 Å². The van der Waals surface area contributed by atoms with Crippen molar-refractivity contribution in [2.24, 2.45) is 5.92 Å². The van der Waals surface area contributed by atoms with Crippen LogP contribution in [0.25, 0.3) is 0 Å². The predicted molar refractivity (Wildman–Crippen MR) is 110 cm³/mol. The fraction of sp³-hybridized carbons (Fsp3) is 0.458. The molecule has 5 heteroatoms. The van der Waals surface area contributed by atoms with Gasteiger partial charge in [-0.2, -0.15) is 0 Å². The van der Waals surface area contributed by atoms with Gasteiger partial charge in [0.2, 0.25) is 0 Å². The van der Waals surface area contributed by atoms with E-state index in [-0.39, 0.29) is 12.0 Å². The smallest absolute Gasteiger partial charge is 0.431 e. The molecule has 0 aliphatic carbocycles. The van der Waals surface area contributed by atoms with Gasteiger partial charge in [-0.05, 0) is 49.4 Å². The lowest BCUT2D eigenvalue weighted by atomic mass is 9.91. The fourth-order valence-corrected chi connectivity index (χ4v) is 3.69. The second-order valence-corrected chi connectivity index (χ2v) is 7.26. The molecule has 0 aromatic heterocycles. The summed E-state index contributed by atoms with van der Waals surface area (Å²) in [5, 5.41) is 0. The summed E-state index contributed by atoms with van der Waals surface area (Å²) in [7, 11) is 0. The molecule has 0 aliphatic heterocycles. The minimum Gasteiger partial charge on any atom is -0.431 e. The lowest BCUT2D eigenvalue weighted by Gasteiger charge is -2.27. The summed E-state index contributed by atoms with van der Waals surface area (Å²) < 4.78 is 38.7. The summed E-state index contributed by atoms with van der Waals surface area (Å²) in [4.78, 5) is 12.6. The van der Waals surface area contributed by atoms with Crippen molar-refractivity contribution in [3.63, 3.8) is 0 Å². The molecule has 0 N–H and O–H groups in total. The van der Waals surface area contributed by atoms with Crippen LogP contribution in [0.1, 0.15) is 70.1 Å². The maximum absolute atomic E-state index is 13.8. The van der Waals surface area contributed by atoms with Gasteiger partial charge in [0, 0.05) is 11.1 Å². The van der Waals surface area contributed by atoms with Gasteiger partial charge < -0.3 is 9.47 Å². The van der Waals surface area contributed by atoms with Crippen LogP contribution in [0.5, 0.6) is 0 Å². The van der Waals surface area contributed by atoms with Crippen molar-refractivity contribution < 1.29 is 23.0 Å². The first-order chi connectivity index (χ1) is 14.0. The molecule has 158 valence electrons. The second kappa shape index (κ2) is 11.5. The summed E-state index contributed by atoms with van der Waals surface area (Å²) >= 11 is 0. The summed E-state index contributed by atoms with van der Waals surface area (Å²) in [5.74, 6) is -0.652. The fourth-order valence-electron chi connectivity index (χ4n) is 3.69. The van der Waals surface area contributed by atoms with Gasteiger partial charge in [0.1, 0.15) is 17.7 Å². The Bertz CT molecular complexity index is 727. The van der Waals surface area contributed by atoms with Crippen molar-refractivity contribution in [3.05, 3.63) is 71.3 Å². The number of carbonyl (C=O) groups excluding carboxylic acids is 1. The zero-order valence-electron chi connectivity index (χ0n) is 17.4. The average Bonchev–Trinajstić information content (AvgIpc) is 2.70. The Labute approximate surface area is 172 Å². The molecule has 0 aliphatic rings. The van der Waals surface area contributed by atoms with Gasteiger partial charge >= 0.3 is 6.16 Å². The molecule has 2 aromatic rings. The molecule has 3 nitrogen and oxygen atoms in total. The highest BCUT2D eigenvalue weighted by Gasteiger charge is 2.26. The Morgan fingerprint density at radius 1 is 0.862 bits per heavy atom. The number of halogens is 2. The topological polar surface area (TPSA) is 35.5 Å². The largest absolute Gasteiger partial charge is 0.509 e. The van der Waals surface area contributed by atoms with E-state index in [1.165, 1.54) is 36.4 Å². The third-order valence-electron chi connectivity index (χ3n) is 5.01. The van der Waals surface area contributed by atoms with E-state index in [4.69, 9.17) is 9.47 Å². The van der Waals surface area contributed by atoms with Crippen LogP contribution in [0.3, 0.4) is 0 Å². The van der Waals surface area contributed by atoms with Crippen molar-refractivity contribution in [1.29, 1.82) is 0 Å². The molecule has 2 aromatic carbocycles. The van der Waals surface area contributed by atoms with Crippen molar-refractivity contribution in [2.75, 3.05) is 0 Å². The summed E-state index contributed by atoms with van der Waals surface area (Å²) in [6, 6.07) is 11.5. The lowest BCUT2D eigenvalue weighted by molar-refractivity contribution is -0.0157. The zero-order valence-corrected chi connectivity index (χ0v) is 17.4. The Morgan fingerprint density at radius 3 is 1.79 bits per heavy atom. The Hall–Kier alpha value is -2.43. The van der Waals surface area contributed by atoms with Crippen molar-refractivity contribution in [1.82, 2.24) is 0 Å². The van der Waals surface area contributed by atoms with Gasteiger partial charge in [-0.25, -0.2) is 13.6 Å². The molecule has 0 saturated heterocycles. The zero-order chi connectivity index (χ0) is 21.2. The molecule has 1 atom stereocenters. The molecule has 29 heavy (non-hydrogen) atoms. The normalized spacial score (nSPS) is 12.2. The summed E-state index contributed by atoms with van der Waals surface area (Å²) in [5.41, 5.74) is 0.832. The third kappa shape index (κ3) is 6.84. The molecule has 0 bridgehead atoms. The quantitative estimate of drug-likeness (QED) is 0.393. The third-order valence-corrected chi connectivity index (χ3v) is 5.01. The van der Waals surface area contributed by atoms with Crippen LogP contribution in [-0.2, 0) is 9.47 Å². The Kier molecular flexibility index (Phi) is 9.10. The van der Waals surface area contributed by atoms with E-state index in [9.17, 15) is 13.6 Å². The highest BCUT2D eigenvalue weighted by atomic mass is 19.1. The van der Waals surface area contributed by atoms with Gasteiger partial charge in [-0.3, -0.25) is 0 Å². The lowest BCUT2D eigenvalue weighted by Crippen LogP contribution is -2.28. The Balaban J connectivity index is 2.22. The highest BCUT2D eigenvalue weighted by molar-refractivity contribution is 5.61. The van der Waals surface area contributed by atoms with E-state index in [2.05, 4.69) is 13.8 Å². The van der Waals surface area contributed by atoms with Gasteiger partial charge in [-0.15, -0.1) is 0 Å². The minimum absolute atomic E-state index is 0.247. The number of benzene rings is 2. The summed E-state index contributed by atoms with van der Waals surface area (Å²) in [6.07, 6.45) is 2.61. The molecule has 0 fully saturated rings. The molecular weight excluding hydrogens is 374 g/mol. The van der Waals surface area contributed by atoms with E-state index >= 15 is 0 Å². The molecule has 0 heterocycles. The van der Waals surface area contributed by atoms with Crippen molar-refractivity contribution in [3.8, 4) is 0 Å². The molecule has 0 amide bonds. The van der Waals surface area contributed by atoms with Crippen LogP contribution in [0.2, 0.25) is 0 Å². The first-order valence-electron chi connectivity index (χ1n) is 10.4. The molecular formula is C24H30F2O3. The van der Waals surface area contributed by atoms with Crippen molar-refractivity contribution in [2.45, 2.75) is 65.1 Å². The molecule has 0 unspecified atom stereocenters. The molecule has 2 rings (SSSR count). The molecule has 0 spiro atoms. The number of hydrogen-bond acceptors (Lipinski definition) is 3. The number of rotatable bonds is 10. The SMILES string of the molecule is CCCC(CCC)[C@H](CC)OC(=O)OC(c1cccc(F)c1)c1cccc(F)c1. The predicted octanol–water partition coefficient (Wildman–Crippen LogP) is 7.20. The standard InChI is InChI=1S/C24H30F2O3/c1-4-9-17(10-5-2)22(6-3)28-24(27)29-23(18-11-7-13-20(25)15-18)19-12-8-14-21(26)16-19/h7-8,11-17,22-23H,4-6,9-10H2,1-3H3/t22-/m0/s1. The average molecular weight is 404 g/mol. The van der Waals surface area contributed by atoms with Gasteiger partial charge in [-0.1, -0.05) is 57.9 Å². The van der Waals surface area contributed by atoms with E-state index < -0.39 is 23.9 Å². The number of hydrogen-bond donors (Lipinski definition) is 0. The Morgan fingerprint density at radius 2 is 1.38 bits per heavy atom. The van der Waals surface area contributed by atoms with Crippen molar-refractivity contribution >= 4 is 6.16 Å². The first-order valence-corrected chi connectivity index (χ1v) is 10.4. The van der Waals surface area contributed by atoms with Gasteiger partial charge in [0.05, 0.1) is 0 Å². The maximum atomic E-state index is 13.8. The summed E-state index contributed by atoms with van der Waals surface area (Å²) in [6.45, 7) is 6.20. The molecule has 0 radical (unpaired) electrons. The van der Waals surface area contributed by atoms with Crippen LogP contribution in [0.4, 0.5) is 13.6 Å². The van der Waals surface area contributed by atoms with Gasteiger partial charge in [0.15, 0.2) is 6.10 Å². The van der Waals surface area contributed by atoms with Crippen LogP contribution < -0.4 is 0 Å². The van der Waals surface area contributed by atoms with Gasteiger partial charge in [0.25, 0.3) is 0 Å². The monoisotopic (exact) mass is 404 g/mol. The highest BCUT2D eigenvalue weighted by Crippen LogP contribution is 2.29. The number of ether oxygens (including phenoxy) is 2. The molecule has 0 saturated carbocycles.